The maximum absolute atomic E-state index is 13.0. The molecule has 6 nitrogen and oxygen atoms in total. The molecule has 2 aromatic carbocycles. The Morgan fingerprint density at radius 1 is 1.03 bits per heavy atom. The molecule has 0 saturated carbocycles. The Bertz CT molecular complexity index is 1010. The van der Waals surface area contributed by atoms with E-state index in [1.807, 2.05) is 4.90 Å². The normalized spacial score (nSPS) is 15.6. The first-order valence-electron chi connectivity index (χ1n) is 9.89. The molecule has 1 aliphatic rings. The number of hydrogen-bond donors (Lipinski definition) is 1. The van der Waals surface area contributed by atoms with Crippen LogP contribution in [0.15, 0.2) is 47.4 Å². The van der Waals surface area contributed by atoms with E-state index in [0.29, 0.717) is 24.3 Å². The summed E-state index contributed by atoms with van der Waals surface area (Å²) in [5.41, 5.74) is 0.766. The molecular formula is C21H25Cl2N3O3S. The lowest BCUT2D eigenvalue weighted by Crippen LogP contribution is -2.35. The van der Waals surface area contributed by atoms with Crippen molar-refractivity contribution in [1.82, 2.24) is 9.80 Å². The van der Waals surface area contributed by atoms with E-state index in [2.05, 4.69) is 16.5 Å². The Hall–Kier alpha value is -1.80. The number of sulfonamides is 1. The fourth-order valence-corrected chi connectivity index (χ4v) is 4.91. The van der Waals surface area contributed by atoms with Crippen LogP contribution in [-0.2, 0) is 10.0 Å². The Balaban J connectivity index is 1.74. The zero-order valence-corrected chi connectivity index (χ0v) is 19.1. The monoisotopic (exact) mass is 469 g/mol. The summed E-state index contributed by atoms with van der Waals surface area (Å²) in [7, 11) is -3.86. The Kier molecular flexibility index (Phi) is 7.63. The summed E-state index contributed by atoms with van der Waals surface area (Å²) < 4.78 is 27.9. The highest BCUT2D eigenvalue weighted by molar-refractivity contribution is 7.92. The number of nitrogens with zero attached hydrogens (tertiary/aromatic N) is 2. The average molecular weight is 470 g/mol. The Labute approximate surface area is 187 Å². The molecule has 0 aliphatic carbocycles. The van der Waals surface area contributed by atoms with Crippen LogP contribution in [0.5, 0.6) is 0 Å². The zero-order valence-electron chi connectivity index (χ0n) is 16.8. The maximum Gasteiger partial charge on any atom is 0.261 e. The molecule has 1 amide bonds. The van der Waals surface area contributed by atoms with Gasteiger partial charge in [-0.25, -0.2) is 8.42 Å². The van der Waals surface area contributed by atoms with E-state index >= 15 is 0 Å². The maximum atomic E-state index is 13.0. The predicted molar refractivity (Wildman–Crippen MR) is 121 cm³/mol. The second-order valence-electron chi connectivity index (χ2n) is 7.25. The van der Waals surface area contributed by atoms with Crippen LogP contribution in [0.3, 0.4) is 0 Å². The largest absolute Gasteiger partial charge is 0.337 e. The first-order valence-corrected chi connectivity index (χ1v) is 12.1. The highest BCUT2D eigenvalue weighted by atomic mass is 35.5. The summed E-state index contributed by atoms with van der Waals surface area (Å²) in [6.45, 7) is 6.38. The van der Waals surface area contributed by atoms with Crippen molar-refractivity contribution in [3.63, 3.8) is 0 Å². The Morgan fingerprint density at radius 3 is 2.57 bits per heavy atom. The molecule has 0 atom stereocenters. The van der Waals surface area contributed by atoms with Crippen molar-refractivity contribution in [2.24, 2.45) is 0 Å². The molecule has 0 bridgehead atoms. The highest BCUT2D eigenvalue weighted by Gasteiger charge is 2.21. The molecule has 0 aromatic heterocycles. The molecule has 3 rings (SSSR count). The van der Waals surface area contributed by atoms with Crippen LogP contribution in [0.1, 0.15) is 30.1 Å². The minimum Gasteiger partial charge on any atom is -0.337 e. The Morgan fingerprint density at radius 2 is 1.83 bits per heavy atom. The van der Waals surface area contributed by atoms with E-state index in [1.165, 1.54) is 18.2 Å². The summed E-state index contributed by atoms with van der Waals surface area (Å²) in [5, 5.41) is 0.430. The molecule has 2 aromatic rings. The molecule has 0 spiro atoms. The van der Waals surface area contributed by atoms with Gasteiger partial charge in [-0.1, -0.05) is 36.2 Å². The van der Waals surface area contributed by atoms with E-state index in [9.17, 15) is 13.2 Å². The molecule has 0 radical (unpaired) electrons. The van der Waals surface area contributed by atoms with Crippen LogP contribution in [0.25, 0.3) is 0 Å². The van der Waals surface area contributed by atoms with Crippen molar-refractivity contribution in [3.8, 4) is 0 Å². The first kappa shape index (κ1) is 22.9. The van der Waals surface area contributed by atoms with E-state index in [0.717, 1.165) is 32.5 Å². The molecule has 1 N–H and O–H groups in total. The topological polar surface area (TPSA) is 69.7 Å². The summed E-state index contributed by atoms with van der Waals surface area (Å²) in [5.74, 6) is -0.0936. The lowest BCUT2D eigenvalue weighted by Gasteiger charge is -2.22. The lowest BCUT2D eigenvalue weighted by atomic mass is 10.1. The molecule has 1 fully saturated rings. The van der Waals surface area contributed by atoms with E-state index in [-0.39, 0.29) is 20.8 Å². The number of nitrogens with one attached hydrogen (secondary N) is 1. The third-order valence-corrected chi connectivity index (χ3v) is 7.10. The number of benzene rings is 2. The summed E-state index contributed by atoms with van der Waals surface area (Å²) in [6.07, 6.45) is 2.02. The van der Waals surface area contributed by atoms with E-state index in [1.54, 1.807) is 24.3 Å². The predicted octanol–water partition coefficient (Wildman–Crippen LogP) is 4.35. The molecule has 162 valence electrons. The van der Waals surface area contributed by atoms with Crippen LogP contribution in [0.2, 0.25) is 10.0 Å². The van der Waals surface area contributed by atoms with Gasteiger partial charge < -0.3 is 9.80 Å². The highest BCUT2D eigenvalue weighted by Crippen LogP contribution is 2.26. The fourth-order valence-electron chi connectivity index (χ4n) is 3.47. The molecule has 30 heavy (non-hydrogen) atoms. The second-order valence-corrected chi connectivity index (χ2v) is 9.75. The quantitative estimate of drug-likeness (QED) is 0.682. The lowest BCUT2D eigenvalue weighted by molar-refractivity contribution is 0.0761. The van der Waals surface area contributed by atoms with Crippen molar-refractivity contribution < 1.29 is 13.2 Å². The van der Waals surface area contributed by atoms with Gasteiger partial charge in [0.25, 0.3) is 15.9 Å². The van der Waals surface area contributed by atoms with Gasteiger partial charge in [0.2, 0.25) is 0 Å². The summed E-state index contributed by atoms with van der Waals surface area (Å²) >= 11 is 11.8. The van der Waals surface area contributed by atoms with Gasteiger partial charge in [-0.05, 0) is 62.3 Å². The van der Waals surface area contributed by atoms with Crippen molar-refractivity contribution >= 4 is 44.8 Å². The minimum absolute atomic E-state index is 0.00263. The van der Waals surface area contributed by atoms with Crippen molar-refractivity contribution in [3.05, 3.63) is 58.1 Å². The molecule has 1 aliphatic heterocycles. The van der Waals surface area contributed by atoms with Gasteiger partial charge in [0.15, 0.2) is 0 Å². The van der Waals surface area contributed by atoms with Gasteiger partial charge in [-0.3, -0.25) is 9.52 Å². The number of amides is 1. The molecule has 9 heteroatoms. The molecule has 0 unspecified atom stereocenters. The SMILES string of the molecule is CCCN1CCCN(C(=O)c2cccc(NS(=O)(=O)c3ccc(Cl)c(Cl)c3)c2)CC1. The second kappa shape index (κ2) is 10.0. The van der Waals surface area contributed by atoms with Crippen LogP contribution in [0, 0.1) is 0 Å². The van der Waals surface area contributed by atoms with Gasteiger partial charge >= 0.3 is 0 Å². The smallest absolute Gasteiger partial charge is 0.261 e. The fraction of sp³-hybridized carbons (Fsp3) is 0.381. The molecule has 1 saturated heterocycles. The number of anilines is 1. The van der Waals surface area contributed by atoms with Crippen molar-refractivity contribution in [2.75, 3.05) is 37.4 Å². The van der Waals surface area contributed by atoms with Crippen LogP contribution in [-0.4, -0.2) is 56.8 Å². The van der Waals surface area contributed by atoms with E-state index < -0.39 is 10.0 Å². The van der Waals surface area contributed by atoms with Crippen molar-refractivity contribution in [1.29, 1.82) is 0 Å². The third-order valence-electron chi connectivity index (χ3n) is 4.98. The van der Waals surface area contributed by atoms with Crippen LogP contribution >= 0.6 is 23.2 Å². The van der Waals surface area contributed by atoms with Gasteiger partial charge in [0.1, 0.15) is 0 Å². The minimum atomic E-state index is -3.86. The number of halogens is 2. The van der Waals surface area contributed by atoms with Gasteiger partial charge in [0, 0.05) is 30.9 Å². The van der Waals surface area contributed by atoms with Gasteiger partial charge in [-0.15, -0.1) is 0 Å². The van der Waals surface area contributed by atoms with Gasteiger partial charge in [0.05, 0.1) is 14.9 Å². The van der Waals surface area contributed by atoms with Crippen LogP contribution in [0.4, 0.5) is 5.69 Å². The zero-order chi connectivity index (χ0) is 21.7. The van der Waals surface area contributed by atoms with Crippen LogP contribution < -0.4 is 4.72 Å². The third kappa shape index (κ3) is 5.66. The first-order chi connectivity index (χ1) is 14.3. The summed E-state index contributed by atoms with van der Waals surface area (Å²) in [6, 6.07) is 10.6. The average Bonchev–Trinajstić information content (AvgIpc) is 2.95. The standard InChI is InChI=1S/C21H25Cl2N3O3S/c1-2-9-25-10-4-11-26(13-12-25)21(27)16-5-3-6-17(14-16)24-30(28,29)18-7-8-19(22)20(23)15-18/h3,5-8,14-15,24H,2,4,9-13H2,1H3. The number of hydrogen-bond acceptors (Lipinski definition) is 4. The number of rotatable bonds is 6. The van der Waals surface area contributed by atoms with E-state index in [4.69, 9.17) is 23.2 Å². The van der Waals surface area contributed by atoms with Crippen molar-refractivity contribution in [2.45, 2.75) is 24.7 Å². The molecule has 1 heterocycles. The summed E-state index contributed by atoms with van der Waals surface area (Å²) in [4.78, 5) is 17.2. The number of carbonyl (C=O) groups excluding carboxylic acids is 1. The molecular weight excluding hydrogens is 445 g/mol. The number of carbonyl (C=O) groups is 1. The van der Waals surface area contributed by atoms with Gasteiger partial charge in [-0.2, -0.15) is 0 Å².